The molecule has 0 fully saturated rings. The van der Waals surface area contributed by atoms with E-state index < -0.39 is 0 Å². The number of nitrogens with one attached hydrogen (secondary N) is 2. The van der Waals surface area contributed by atoms with Crippen molar-refractivity contribution in [3.05, 3.63) is 30.1 Å². The van der Waals surface area contributed by atoms with Crippen molar-refractivity contribution in [1.29, 1.82) is 0 Å². The molecule has 0 unspecified atom stereocenters. The topological polar surface area (TPSA) is 53.6 Å². The Morgan fingerprint density at radius 2 is 2.12 bits per heavy atom. The Morgan fingerprint density at radius 3 is 2.75 bits per heavy atom. The molecule has 4 heteroatoms. The van der Waals surface area contributed by atoms with Crippen LogP contribution in [0.1, 0.15) is 19.7 Å². The van der Waals surface area contributed by atoms with E-state index in [0.29, 0.717) is 6.04 Å². The summed E-state index contributed by atoms with van der Waals surface area (Å²) in [6.45, 7) is 6.12. The first kappa shape index (κ1) is 10.7. The number of nitrogens with zero attached hydrogens (tertiary/aromatic N) is 2. The Bertz CT molecular complexity index is 473. The minimum Gasteiger partial charge on any atom is -0.383 e. The molecule has 2 aromatic rings. The van der Waals surface area contributed by atoms with Crippen LogP contribution in [-0.2, 0) is 0 Å². The number of benzene rings is 1. The van der Waals surface area contributed by atoms with Crippen LogP contribution in [0.4, 0.5) is 5.69 Å². The molecule has 4 nitrogen and oxygen atoms in total. The molecule has 2 N–H and O–H groups in total. The monoisotopic (exact) mass is 216 g/mol. The van der Waals surface area contributed by atoms with Gasteiger partial charge in [0.05, 0.1) is 0 Å². The molecule has 16 heavy (non-hydrogen) atoms. The number of hydrogen-bond acceptors (Lipinski definition) is 3. The third kappa shape index (κ3) is 2.39. The van der Waals surface area contributed by atoms with Gasteiger partial charge in [0.25, 0.3) is 0 Å². The molecule has 2 rings (SSSR count). The van der Waals surface area contributed by atoms with Gasteiger partial charge in [0, 0.05) is 17.3 Å². The van der Waals surface area contributed by atoms with Gasteiger partial charge in [0.1, 0.15) is 5.82 Å². The molecule has 1 aromatic carbocycles. The number of hydrogen-bond donors (Lipinski definition) is 2. The maximum absolute atomic E-state index is 4.31. The first-order valence-corrected chi connectivity index (χ1v) is 5.41. The Labute approximate surface area is 95.1 Å². The molecule has 0 saturated carbocycles. The average molecular weight is 216 g/mol. The highest BCUT2D eigenvalue weighted by Crippen LogP contribution is 2.19. The summed E-state index contributed by atoms with van der Waals surface area (Å²) in [7, 11) is 0. The smallest absolute Gasteiger partial charge is 0.181 e. The van der Waals surface area contributed by atoms with Gasteiger partial charge in [-0.1, -0.05) is 12.1 Å². The van der Waals surface area contributed by atoms with Crippen molar-refractivity contribution in [1.82, 2.24) is 15.2 Å². The van der Waals surface area contributed by atoms with Crippen molar-refractivity contribution in [3.63, 3.8) is 0 Å². The van der Waals surface area contributed by atoms with Gasteiger partial charge in [-0.25, -0.2) is 4.98 Å². The molecule has 84 valence electrons. The highest BCUT2D eigenvalue weighted by atomic mass is 15.2. The minimum atomic E-state index is 0.420. The van der Waals surface area contributed by atoms with Gasteiger partial charge < -0.3 is 5.32 Å². The van der Waals surface area contributed by atoms with Gasteiger partial charge in [0.15, 0.2) is 5.82 Å². The predicted octanol–water partition coefficient (Wildman–Crippen LogP) is 2.60. The van der Waals surface area contributed by atoms with Crippen LogP contribution in [0.5, 0.6) is 0 Å². The minimum absolute atomic E-state index is 0.420. The third-order valence-corrected chi connectivity index (χ3v) is 2.17. The van der Waals surface area contributed by atoms with Gasteiger partial charge in [-0.05, 0) is 32.9 Å². The highest BCUT2D eigenvalue weighted by Gasteiger charge is 2.04. The summed E-state index contributed by atoms with van der Waals surface area (Å²) < 4.78 is 0. The van der Waals surface area contributed by atoms with Gasteiger partial charge in [-0.3, -0.25) is 5.10 Å². The molecule has 0 bridgehead atoms. The van der Waals surface area contributed by atoms with E-state index >= 15 is 0 Å². The van der Waals surface area contributed by atoms with Crippen LogP contribution in [0.25, 0.3) is 11.4 Å². The molecule has 0 radical (unpaired) electrons. The Hall–Kier alpha value is -1.84. The zero-order chi connectivity index (χ0) is 11.5. The molecule has 1 heterocycles. The number of aromatic amines is 1. The lowest BCUT2D eigenvalue weighted by molar-refractivity contribution is 0.900. The molecule has 0 atom stereocenters. The molecule has 0 aliphatic carbocycles. The van der Waals surface area contributed by atoms with E-state index in [9.17, 15) is 0 Å². The van der Waals surface area contributed by atoms with Gasteiger partial charge in [0.2, 0.25) is 0 Å². The zero-order valence-corrected chi connectivity index (χ0v) is 9.78. The standard InChI is InChI=1S/C12H16N4/c1-8(2)13-11-6-4-5-10(7-11)12-14-9(3)15-16-12/h4-8,13H,1-3H3,(H,14,15,16). The summed E-state index contributed by atoms with van der Waals surface area (Å²) in [6, 6.07) is 8.54. The SMILES string of the molecule is Cc1nc(-c2cccc(NC(C)C)c2)n[nH]1. The second kappa shape index (κ2) is 4.35. The molecule has 0 spiro atoms. The highest BCUT2D eigenvalue weighted by molar-refractivity contribution is 5.62. The van der Waals surface area contributed by atoms with Crippen LogP contribution in [-0.4, -0.2) is 21.2 Å². The fourth-order valence-electron chi connectivity index (χ4n) is 1.55. The van der Waals surface area contributed by atoms with Crippen molar-refractivity contribution in [2.45, 2.75) is 26.8 Å². The normalized spacial score (nSPS) is 10.8. The van der Waals surface area contributed by atoms with Crippen molar-refractivity contribution in [2.75, 3.05) is 5.32 Å². The van der Waals surface area contributed by atoms with E-state index in [1.54, 1.807) is 0 Å². The van der Waals surface area contributed by atoms with Crippen LogP contribution in [0.2, 0.25) is 0 Å². The molecular formula is C12H16N4. The maximum Gasteiger partial charge on any atom is 0.181 e. The summed E-state index contributed by atoms with van der Waals surface area (Å²) in [6.07, 6.45) is 0. The van der Waals surface area contributed by atoms with Crippen molar-refractivity contribution in [3.8, 4) is 11.4 Å². The van der Waals surface area contributed by atoms with E-state index in [0.717, 1.165) is 22.9 Å². The Morgan fingerprint density at radius 1 is 1.31 bits per heavy atom. The van der Waals surface area contributed by atoms with Crippen molar-refractivity contribution in [2.24, 2.45) is 0 Å². The first-order chi connectivity index (χ1) is 7.65. The van der Waals surface area contributed by atoms with E-state index in [1.807, 2.05) is 25.1 Å². The second-order valence-corrected chi connectivity index (χ2v) is 4.12. The number of aromatic nitrogens is 3. The number of anilines is 1. The molecule has 0 amide bonds. The van der Waals surface area contributed by atoms with Crippen LogP contribution >= 0.6 is 0 Å². The summed E-state index contributed by atoms with van der Waals surface area (Å²) in [5, 5.41) is 10.3. The largest absolute Gasteiger partial charge is 0.383 e. The van der Waals surface area contributed by atoms with E-state index in [1.165, 1.54) is 0 Å². The lowest BCUT2D eigenvalue weighted by atomic mass is 10.2. The fraction of sp³-hybridized carbons (Fsp3) is 0.333. The molecule has 0 saturated heterocycles. The molecule has 1 aromatic heterocycles. The van der Waals surface area contributed by atoms with Crippen LogP contribution in [0, 0.1) is 6.92 Å². The number of aryl methyl sites for hydroxylation is 1. The third-order valence-electron chi connectivity index (χ3n) is 2.17. The first-order valence-electron chi connectivity index (χ1n) is 5.41. The predicted molar refractivity (Wildman–Crippen MR) is 65.3 cm³/mol. The summed E-state index contributed by atoms with van der Waals surface area (Å²) in [4.78, 5) is 4.31. The number of H-pyrrole nitrogens is 1. The van der Waals surface area contributed by atoms with Crippen molar-refractivity contribution >= 4 is 5.69 Å². The Kier molecular flexibility index (Phi) is 2.90. The van der Waals surface area contributed by atoms with Crippen LogP contribution < -0.4 is 5.32 Å². The summed E-state index contributed by atoms with van der Waals surface area (Å²) >= 11 is 0. The molecule has 0 aliphatic rings. The summed E-state index contributed by atoms with van der Waals surface area (Å²) in [5.41, 5.74) is 2.12. The Balaban J connectivity index is 2.28. The molecular weight excluding hydrogens is 200 g/mol. The summed E-state index contributed by atoms with van der Waals surface area (Å²) in [5.74, 6) is 1.57. The quantitative estimate of drug-likeness (QED) is 0.829. The maximum atomic E-state index is 4.31. The van der Waals surface area contributed by atoms with Crippen molar-refractivity contribution < 1.29 is 0 Å². The van der Waals surface area contributed by atoms with Gasteiger partial charge >= 0.3 is 0 Å². The fourth-order valence-corrected chi connectivity index (χ4v) is 1.55. The molecule has 0 aliphatic heterocycles. The lowest BCUT2D eigenvalue weighted by Crippen LogP contribution is -2.09. The van der Waals surface area contributed by atoms with Crippen LogP contribution in [0.15, 0.2) is 24.3 Å². The van der Waals surface area contributed by atoms with E-state index in [-0.39, 0.29) is 0 Å². The van der Waals surface area contributed by atoms with E-state index in [4.69, 9.17) is 0 Å². The average Bonchev–Trinajstić information content (AvgIpc) is 2.64. The second-order valence-electron chi connectivity index (χ2n) is 4.12. The van der Waals surface area contributed by atoms with E-state index in [2.05, 4.69) is 40.4 Å². The zero-order valence-electron chi connectivity index (χ0n) is 9.78. The van der Waals surface area contributed by atoms with Crippen LogP contribution in [0.3, 0.4) is 0 Å². The van der Waals surface area contributed by atoms with Gasteiger partial charge in [-0.2, -0.15) is 5.10 Å². The lowest BCUT2D eigenvalue weighted by Gasteiger charge is -2.10. The number of rotatable bonds is 3. The van der Waals surface area contributed by atoms with Gasteiger partial charge in [-0.15, -0.1) is 0 Å².